The fourth-order valence-corrected chi connectivity index (χ4v) is 1.64. The van der Waals surface area contributed by atoms with Crippen LogP contribution in [0.15, 0.2) is 24.2 Å². The monoisotopic (exact) mass is 275 g/mol. The van der Waals surface area contributed by atoms with E-state index in [1.807, 2.05) is 6.92 Å². The van der Waals surface area contributed by atoms with Crippen molar-refractivity contribution in [3.63, 3.8) is 0 Å². The van der Waals surface area contributed by atoms with E-state index in [2.05, 4.69) is 10.3 Å². The van der Waals surface area contributed by atoms with Crippen molar-refractivity contribution < 1.29 is 4.92 Å². The van der Waals surface area contributed by atoms with Crippen molar-refractivity contribution in [2.75, 3.05) is 7.05 Å². The number of likely N-dealkylation sites (N-methyl/N-ethyl adjacent to an activating group) is 1. The minimum atomic E-state index is -0.507. The van der Waals surface area contributed by atoms with Gasteiger partial charge in [0.25, 0.3) is 6.20 Å². The lowest BCUT2D eigenvalue weighted by atomic mass is 10.00. The first-order valence-corrected chi connectivity index (χ1v) is 5.55. The van der Waals surface area contributed by atoms with E-state index in [9.17, 15) is 10.1 Å². The molecule has 0 saturated heterocycles. The van der Waals surface area contributed by atoms with Gasteiger partial charge in [-0.15, -0.1) is 0 Å². The third kappa shape index (κ3) is 3.57. The number of nitrogens with one attached hydrogen (secondary N) is 1. The molecule has 1 aromatic heterocycles. The minimum absolute atomic E-state index is 0.215. The van der Waals surface area contributed by atoms with Gasteiger partial charge in [0.15, 0.2) is 0 Å². The Kier molecular flexibility index (Phi) is 4.72. The van der Waals surface area contributed by atoms with Crippen molar-refractivity contribution in [3.05, 3.63) is 50.0 Å². The number of hydrogen-bond acceptors (Lipinski definition) is 4. The molecule has 0 radical (unpaired) electrons. The molecule has 0 aliphatic heterocycles. The van der Waals surface area contributed by atoms with Crippen LogP contribution in [0.2, 0.25) is 10.2 Å². The first-order valence-electron chi connectivity index (χ1n) is 4.79. The number of allylic oxidation sites excluding steroid dienone is 1. The molecule has 0 spiro atoms. The quantitative estimate of drug-likeness (QED) is 0.521. The average molecular weight is 276 g/mol. The van der Waals surface area contributed by atoms with Crippen LogP contribution >= 0.6 is 23.2 Å². The summed E-state index contributed by atoms with van der Waals surface area (Å²) in [6.07, 6.45) is 2.47. The van der Waals surface area contributed by atoms with Gasteiger partial charge in [-0.3, -0.25) is 10.1 Å². The van der Waals surface area contributed by atoms with Crippen LogP contribution in [0.3, 0.4) is 0 Å². The highest BCUT2D eigenvalue weighted by atomic mass is 35.5. The summed E-state index contributed by atoms with van der Waals surface area (Å²) in [5, 5.41) is 13.8. The molecule has 0 bridgehead atoms. The van der Waals surface area contributed by atoms with E-state index >= 15 is 0 Å². The molecular weight excluding hydrogens is 265 g/mol. The topological polar surface area (TPSA) is 68.1 Å². The normalized spacial score (nSPS) is 13.3. The summed E-state index contributed by atoms with van der Waals surface area (Å²) in [4.78, 5) is 13.8. The second-order valence-electron chi connectivity index (χ2n) is 3.38. The Labute approximate surface area is 109 Å². The summed E-state index contributed by atoms with van der Waals surface area (Å²) in [6.45, 7) is 1.81. The highest BCUT2D eigenvalue weighted by Gasteiger charge is 2.15. The Morgan fingerprint density at radius 3 is 2.76 bits per heavy atom. The van der Waals surface area contributed by atoms with Gasteiger partial charge in [0, 0.05) is 19.2 Å². The molecule has 0 saturated carbocycles. The van der Waals surface area contributed by atoms with Gasteiger partial charge < -0.3 is 5.32 Å². The number of aromatic nitrogens is 1. The number of nitro groups is 1. The van der Waals surface area contributed by atoms with Crippen LogP contribution in [0, 0.1) is 10.1 Å². The minimum Gasteiger partial charge on any atom is -0.386 e. The predicted molar refractivity (Wildman–Crippen MR) is 66.8 cm³/mol. The van der Waals surface area contributed by atoms with E-state index in [1.54, 1.807) is 19.3 Å². The van der Waals surface area contributed by atoms with Gasteiger partial charge in [0.05, 0.1) is 15.6 Å². The van der Waals surface area contributed by atoms with E-state index < -0.39 is 4.92 Å². The fourth-order valence-electron chi connectivity index (χ4n) is 1.36. The number of halogens is 2. The second kappa shape index (κ2) is 5.84. The van der Waals surface area contributed by atoms with Crippen LogP contribution in [0.5, 0.6) is 0 Å². The van der Waals surface area contributed by atoms with Gasteiger partial charge in [0.2, 0.25) is 0 Å². The first-order chi connectivity index (χ1) is 7.95. The number of rotatable bonds is 4. The van der Waals surface area contributed by atoms with E-state index in [1.165, 1.54) is 0 Å². The Balaban J connectivity index is 3.06. The zero-order valence-electron chi connectivity index (χ0n) is 9.28. The molecule has 1 aromatic rings. The van der Waals surface area contributed by atoms with Gasteiger partial charge in [-0.1, -0.05) is 30.1 Å². The Morgan fingerprint density at radius 1 is 1.65 bits per heavy atom. The SMILES string of the molecule is CN/C(=C\[N+](=O)[O-])C(C)c1cnc(Cl)c(Cl)c1. The van der Waals surface area contributed by atoms with Crippen LogP contribution in [0.1, 0.15) is 18.4 Å². The molecule has 0 aliphatic carbocycles. The van der Waals surface area contributed by atoms with Gasteiger partial charge in [-0.25, -0.2) is 4.98 Å². The van der Waals surface area contributed by atoms with Crippen molar-refractivity contribution in [3.8, 4) is 0 Å². The van der Waals surface area contributed by atoms with E-state index in [0.29, 0.717) is 10.7 Å². The summed E-state index contributed by atoms with van der Waals surface area (Å²) in [5.41, 5.74) is 1.22. The average Bonchev–Trinajstić information content (AvgIpc) is 2.28. The summed E-state index contributed by atoms with van der Waals surface area (Å²) in [6, 6.07) is 1.65. The summed E-state index contributed by atoms with van der Waals surface area (Å²) >= 11 is 11.5. The second-order valence-corrected chi connectivity index (χ2v) is 4.15. The van der Waals surface area contributed by atoms with Crippen molar-refractivity contribution in [2.45, 2.75) is 12.8 Å². The first kappa shape index (κ1) is 13.7. The van der Waals surface area contributed by atoms with Gasteiger partial charge in [0.1, 0.15) is 5.15 Å². The molecular formula is C10H11Cl2N3O2. The van der Waals surface area contributed by atoms with E-state index in [4.69, 9.17) is 23.2 Å². The van der Waals surface area contributed by atoms with Crippen molar-refractivity contribution in [1.82, 2.24) is 10.3 Å². The maximum absolute atomic E-state index is 10.5. The number of pyridine rings is 1. The van der Waals surface area contributed by atoms with Crippen molar-refractivity contribution in [1.29, 1.82) is 0 Å². The molecule has 17 heavy (non-hydrogen) atoms. The number of hydrogen-bond donors (Lipinski definition) is 1. The Morgan fingerprint density at radius 2 is 2.29 bits per heavy atom. The van der Waals surface area contributed by atoms with Crippen LogP contribution < -0.4 is 5.32 Å². The molecule has 0 aliphatic rings. The lowest BCUT2D eigenvalue weighted by Crippen LogP contribution is -2.14. The molecule has 1 heterocycles. The van der Waals surface area contributed by atoms with E-state index in [-0.39, 0.29) is 11.1 Å². The molecule has 1 rings (SSSR count). The molecule has 7 heteroatoms. The Hall–Kier alpha value is -1.33. The number of nitrogens with zero attached hydrogens (tertiary/aromatic N) is 2. The maximum Gasteiger partial charge on any atom is 0.253 e. The lowest BCUT2D eigenvalue weighted by Gasteiger charge is -2.13. The highest BCUT2D eigenvalue weighted by molar-refractivity contribution is 6.41. The highest BCUT2D eigenvalue weighted by Crippen LogP contribution is 2.27. The van der Waals surface area contributed by atoms with Crippen LogP contribution in [-0.2, 0) is 0 Å². The molecule has 1 atom stereocenters. The van der Waals surface area contributed by atoms with Gasteiger partial charge >= 0.3 is 0 Å². The standard InChI is InChI=1S/C10H11Cl2N3O2/c1-6(9(13-2)5-15(16)17)7-3-8(11)10(12)14-4-7/h3-6,13H,1-2H3/b9-5-. The molecule has 1 N–H and O–H groups in total. The van der Waals surface area contributed by atoms with Crippen molar-refractivity contribution in [2.24, 2.45) is 0 Å². The predicted octanol–water partition coefficient (Wildman–Crippen LogP) is 2.83. The summed E-state index contributed by atoms with van der Waals surface area (Å²) in [5.74, 6) is -0.215. The van der Waals surface area contributed by atoms with Crippen molar-refractivity contribution >= 4 is 23.2 Å². The van der Waals surface area contributed by atoms with E-state index in [0.717, 1.165) is 11.8 Å². The maximum atomic E-state index is 10.5. The molecule has 5 nitrogen and oxygen atoms in total. The molecule has 0 fully saturated rings. The molecule has 92 valence electrons. The fraction of sp³-hybridized carbons (Fsp3) is 0.300. The molecule has 0 amide bonds. The van der Waals surface area contributed by atoms with Crippen LogP contribution in [-0.4, -0.2) is 17.0 Å². The third-order valence-corrected chi connectivity index (χ3v) is 3.00. The zero-order valence-corrected chi connectivity index (χ0v) is 10.8. The lowest BCUT2D eigenvalue weighted by molar-refractivity contribution is -0.404. The van der Waals surface area contributed by atoms with Crippen LogP contribution in [0.25, 0.3) is 0 Å². The third-order valence-electron chi connectivity index (χ3n) is 2.32. The summed E-state index contributed by atoms with van der Waals surface area (Å²) < 4.78 is 0. The van der Waals surface area contributed by atoms with Gasteiger partial charge in [-0.2, -0.15) is 0 Å². The zero-order chi connectivity index (χ0) is 13.0. The molecule has 0 aromatic carbocycles. The Bertz CT molecular complexity index is 463. The summed E-state index contributed by atoms with van der Waals surface area (Å²) in [7, 11) is 1.62. The van der Waals surface area contributed by atoms with Gasteiger partial charge in [-0.05, 0) is 11.6 Å². The van der Waals surface area contributed by atoms with Crippen LogP contribution in [0.4, 0.5) is 0 Å². The smallest absolute Gasteiger partial charge is 0.253 e. The molecule has 1 unspecified atom stereocenters. The largest absolute Gasteiger partial charge is 0.386 e.